The minimum Gasteiger partial charge on any atom is -0.377 e. The van der Waals surface area contributed by atoms with Crippen LogP contribution in [-0.4, -0.2) is 24.5 Å². The smallest absolute Gasteiger partial charge is 0.0669 e. The summed E-state index contributed by atoms with van der Waals surface area (Å²) in [5, 5.41) is 3.49. The molecule has 1 aliphatic heterocycles. The predicted molar refractivity (Wildman–Crippen MR) is 85.8 cm³/mol. The van der Waals surface area contributed by atoms with E-state index in [1.807, 2.05) is 11.8 Å². The van der Waals surface area contributed by atoms with Crippen molar-refractivity contribution >= 4 is 27.7 Å². The largest absolute Gasteiger partial charge is 0.377 e. The molecular formula is C15H22BrNOS. The number of nitrogens with one attached hydrogen (secondary N) is 1. The van der Waals surface area contributed by atoms with Crippen molar-refractivity contribution in [2.75, 3.05) is 12.4 Å². The minimum absolute atomic E-state index is 0.440. The number of hydrogen-bond donors (Lipinski definition) is 1. The maximum atomic E-state index is 5.69. The molecule has 0 amide bonds. The lowest BCUT2D eigenvalue weighted by Crippen LogP contribution is -2.22. The van der Waals surface area contributed by atoms with Crippen LogP contribution in [-0.2, 0) is 11.3 Å². The molecule has 1 aromatic carbocycles. The Kier molecular flexibility index (Phi) is 6.20. The van der Waals surface area contributed by atoms with E-state index in [1.54, 1.807) is 0 Å². The maximum absolute atomic E-state index is 5.69. The molecule has 0 aromatic heterocycles. The van der Waals surface area contributed by atoms with Crippen molar-refractivity contribution in [2.24, 2.45) is 0 Å². The highest BCUT2D eigenvalue weighted by Crippen LogP contribution is 2.29. The summed E-state index contributed by atoms with van der Waals surface area (Å²) in [5.74, 6) is 1.06. The molecule has 2 rings (SSSR count). The first-order valence-electron chi connectivity index (χ1n) is 6.91. The summed E-state index contributed by atoms with van der Waals surface area (Å²) in [5.41, 5.74) is 1.37. The molecule has 2 nitrogen and oxygen atoms in total. The Morgan fingerprint density at radius 3 is 3.00 bits per heavy atom. The minimum atomic E-state index is 0.440. The average molecular weight is 344 g/mol. The number of ether oxygens (including phenoxy) is 1. The van der Waals surface area contributed by atoms with Gasteiger partial charge in [0.1, 0.15) is 0 Å². The molecular weight excluding hydrogens is 322 g/mol. The summed E-state index contributed by atoms with van der Waals surface area (Å²) in [6.45, 7) is 6.22. The highest BCUT2D eigenvalue weighted by atomic mass is 79.9. The number of halogens is 1. The normalized spacial score (nSPS) is 19.3. The van der Waals surface area contributed by atoms with Crippen LogP contribution in [0.5, 0.6) is 0 Å². The molecule has 1 aliphatic rings. The van der Waals surface area contributed by atoms with Crippen LogP contribution in [0.3, 0.4) is 0 Å². The van der Waals surface area contributed by atoms with Gasteiger partial charge >= 0.3 is 0 Å². The summed E-state index contributed by atoms with van der Waals surface area (Å²) in [4.78, 5) is 1.36. The van der Waals surface area contributed by atoms with Crippen LogP contribution >= 0.6 is 27.7 Å². The van der Waals surface area contributed by atoms with Crippen LogP contribution in [0, 0.1) is 0 Å². The lowest BCUT2D eigenvalue weighted by atomic mass is 10.2. The van der Waals surface area contributed by atoms with Gasteiger partial charge in [0.15, 0.2) is 0 Å². The molecule has 1 unspecified atom stereocenters. The fraction of sp³-hybridized carbons (Fsp3) is 0.600. The molecule has 4 heteroatoms. The zero-order chi connectivity index (χ0) is 13.7. The van der Waals surface area contributed by atoms with Crippen molar-refractivity contribution in [1.82, 2.24) is 5.32 Å². The highest BCUT2D eigenvalue weighted by molar-refractivity contribution is 9.10. The van der Waals surface area contributed by atoms with Gasteiger partial charge in [-0.15, -0.1) is 11.8 Å². The number of thioether (sulfide) groups is 1. The molecule has 0 bridgehead atoms. The van der Waals surface area contributed by atoms with E-state index < -0.39 is 0 Å². The Balaban J connectivity index is 1.97. The van der Waals surface area contributed by atoms with E-state index in [9.17, 15) is 0 Å². The molecule has 1 N–H and O–H groups in total. The molecule has 0 aliphatic carbocycles. The first-order chi connectivity index (χ1) is 9.15. The molecule has 1 heterocycles. The second kappa shape index (κ2) is 7.67. The van der Waals surface area contributed by atoms with E-state index >= 15 is 0 Å². The van der Waals surface area contributed by atoms with E-state index in [1.165, 1.54) is 23.3 Å². The third-order valence-corrected chi connectivity index (χ3v) is 4.90. The molecule has 1 atom stereocenters. The fourth-order valence-electron chi connectivity index (χ4n) is 2.08. The van der Waals surface area contributed by atoms with Crippen LogP contribution in [0.2, 0.25) is 0 Å². The summed E-state index contributed by atoms with van der Waals surface area (Å²) in [6.07, 6.45) is 2.86. The molecule has 1 aromatic rings. The van der Waals surface area contributed by atoms with Gasteiger partial charge in [0.25, 0.3) is 0 Å². The molecule has 1 saturated heterocycles. The van der Waals surface area contributed by atoms with Gasteiger partial charge in [0.05, 0.1) is 6.10 Å². The zero-order valence-electron chi connectivity index (χ0n) is 11.6. The first-order valence-corrected chi connectivity index (χ1v) is 8.69. The van der Waals surface area contributed by atoms with E-state index in [4.69, 9.17) is 4.74 Å². The van der Waals surface area contributed by atoms with Gasteiger partial charge in [0.2, 0.25) is 0 Å². The average Bonchev–Trinajstić information content (AvgIpc) is 2.88. The van der Waals surface area contributed by atoms with E-state index in [0.29, 0.717) is 12.1 Å². The van der Waals surface area contributed by atoms with Gasteiger partial charge in [-0.3, -0.25) is 0 Å². The third kappa shape index (κ3) is 5.10. The molecule has 0 spiro atoms. The number of benzene rings is 1. The molecule has 1 fully saturated rings. The predicted octanol–water partition coefficient (Wildman–Crippen LogP) is 4.22. The summed E-state index contributed by atoms with van der Waals surface area (Å²) < 4.78 is 6.84. The Morgan fingerprint density at radius 2 is 2.32 bits per heavy atom. The second-order valence-electron chi connectivity index (χ2n) is 5.23. The van der Waals surface area contributed by atoms with E-state index in [0.717, 1.165) is 23.4 Å². The van der Waals surface area contributed by atoms with Crippen molar-refractivity contribution in [3.63, 3.8) is 0 Å². The zero-order valence-corrected chi connectivity index (χ0v) is 14.0. The Hall–Kier alpha value is -0.0300. The van der Waals surface area contributed by atoms with Crippen molar-refractivity contribution in [1.29, 1.82) is 0 Å². The molecule has 0 radical (unpaired) electrons. The maximum Gasteiger partial charge on any atom is 0.0669 e. The number of hydrogen-bond acceptors (Lipinski definition) is 3. The highest BCUT2D eigenvalue weighted by Gasteiger charge is 2.16. The van der Waals surface area contributed by atoms with E-state index in [-0.39, 0.29) is 0 Å². The van der Waals surface area contributed by atoms with Crippen LogP contribution in [0.25, 0.3) is 0 Å². The Labute approximate surface area is 128 Å². The Morgan fingerprint density at radius 1 is 1.47 bits per heavy atom. The van der Waals surface area contributed by atoms with Crippen molar-refractivity contribution in [3.05, 3.63) is 28.2 Å². The second-order valence-corrected chi connectivity index (χ2v) is 7.21. The van der Waals surface area contributed by atoms with Gasteiger partial charge < -0.3 is 10.1 Å². The quantitative estimate of drug-likeness (QED) is 0.781. The standard InChI is InChI=1S/C15H22BrNOS/c1-11(2)17-9-12-5-6-13(16)8-15(12)19-10-14-4-3-7-18-14/h5-6,8,11,14,17H,3-4,7,9-10H2,1-2H3. The monoisotopic (exact) mass is 343 g/mol. The Bertz CT molecular complexity index is 405. The van der Waals surface area contributed by atoms with Crippen LogP contribution in [0.15, 0.2) is 27.6 Å². The molecule has 106 valence electrons. The summed E-state index contributed by atoms with van der Waals surface area (Å²) in [7, 11) is 0. The lowest BCUT2D eigenvalue weighted by molar-refractivity contribution is 0.129. The van der Waals surface area contributed by atoms with Gasteiger partial charge in [-0.1, -0.05) is 35.8 Å². The van der Waals surface area contributed by atoms with E-state index in [2.05, 4.69) is 53.3 Å². The SMILES string of the molecule is CC(C)NCc1ccc(Br)cc1SCC1CCCO1. The molecule has 0 saturated carbocycles. The van der Waals surface area contributed by atoms with Gasteiger partial charge in [-0.05, 0) is 30.5 Å². The number of rotatable bonds is 6. The third-order valence-electron chi connectivity index (χ3n) is 3.18. The summed E-state index contributed by atoms with van der Waals surface area (Å²) >= 11 is 5.48. The van der Waals surface area contributed by atoms with Gasteiger partial charge in [0, 0.05) is 34.3 Å². The van der Waals surface area contributed by atoms with Gasteiger partial charge in [-0.25, -0.2) is 0 Å². The van der Waals surface area contributed by atoms with Crippen molar-refractivity contribution < 1.29 is 4.74 Å². The van der Waals surface area contributed by atoms with Crippen LogP contribution < -0.4 is 5.32 Å². The van der Waals surface area contributed by atoms with Crippen molar-refractivity contribution in [3.8, 4) is 0 Å². The fourth-order valence-corrected chi connectivity index (χ4v) is 3.76. The first kappa shape index (κ1) is 15.4. The van der Waals surface area contributed by atoms with Crippen LogP contribution in [0.1, 0.15) is 32.3 Å². The summed E-state index contributed by atoms with van der Waals surface area (Å²) in [6, 6.07) is 7.06. The van der Waals surface area contributed by atoms with Crippen LogP contribution in [0.4, 0.5) is 0 Å². The topological polar surface area (TPSA) is 21.3 Å². The van der Waals surface area contributed by atoms with Crippen molar-refractivity contribution in [2.45, 2.75) is 50.3 Å². The molecule has 19 heavy (non-hydrogen) atoms. The van der Waals surface area contributed by atoms with Gasteiger partial charge in [-0.2, -0.15) is 0 Å². The lowest BCUT2D eigenvalue weighted by Gasteiger charge is -2.14.